The first-order valence-electron chi connectivity index (χ1n) is 9.01. The quantitative estimate of drug-likeness (QED) is 0.205. The highest BCUT2D eigenvalue weighted by molar-refractivity contribution is 5.95. The highest BCUT2D eigenvalue weighted by Gasteiger charge is 2.19. The molecular weight excluding hydrogens is 402 g/mol. The summed E-state index contributed by atoms with van der Waals surface area (Å²) in [5.41, 5.74) is 2.89. The topological polar surface area (TPSA) is 120 Å². The SMILES string of the molecule is COc1ccc(C(=O)Oc2ccc(/C=N\NC(=O)c3ccccc3)cc2[N+](=O)[O-])cc1. The van der Waals surface area contributed by atoms with Crippen LogP contribution in [0.25, 0.3) is 0 Å². The van der Waals surface area contributed by atoms with Gasteiger partial charge in [-0.1, -0.05) is 18.2 Å². The number of benzene rings is 3. The van der Waals surface area contributed by atoms with E-state index in [1.165, 1.54) is 43.7 Å². The molecule has 9 nitrogen and oxygen atoms in total. The van der Waals surface area contributed by atoms with Gasteiger partial charge in [-0.25, -0.2) is 10.2 Å². The molecule has 0 saturated heterocycles. The van der Waals surface area contributed by atoms with Gasteiger partial charge in [0.2, 0.25) is 5.75 Å². The minimum atomic E-state index is -0.748. The summed E-state index contributed by atoms with van der Waals surface area (Å²) in [5, 5.41) is 15.2. The van der Waals surface area contributed by atoms with Crippen LogP contribution < -0.4 is 14.9 Å². The molecular formula is C22H17N3O6. The summed E-state index contributed by atoms with van der Waals surface area (Å²) < 4.78 is 10.2. The van der Waals surface area contributed by atoms with E-state index >= 15 is 0 Å². The Bertz CT molecular complexity index is 1130. The van der Waals surface area contributed by atoms with Gasteiger partial charge in [0.25, 0.3) is 5.91 Å². The summed E-state index contributed by atoms with van der Waals surface area (Å²) in [5.74, 6) is -0.819. The molecule has 1 amide bonds. The molecule has 0 heterocycles. The van der Waals surface area contributed by atoms with Crippen LogP contribution in [0.15, 0.2) is 77.9 Å². The van der Waals surface area contributed by atoms with Gasteiger partial charge < -0.3 is 9.47 Å². The molecule has 3 aromatic rings. The summed E-state index contributed by atoms with van der Waals surface area (Å²) in [6.45, 7) is 0. The zero-order valence-electron chi connectivity index (χ0n) is 16.3. The number of hydrazone groups is 1. The van der Waals surface area contributed by atoms with Crippen LogP contribution >= 0.6 is 0 Å². The van der Waals surface area contributed by atoms with Crippen molar-refractivity contribution in [2.24, 2.45) is 5.10 Å². The van der Waals surface area contributed by atoms with Crippen molar-refractivity contribution in [1.82, 2.24) is 5.43 Å². The van der Waals surface area contributed by atoms with E-state index in [1.807, 2.05) is 0 Å². The summed E-state index contributed by atoms with van der Waals surface area (Å²) in [6, 6.07) is 18.6. The lowest BCUT2D eigenvalue weighted by Crippen LogP contribution is -2.17. The van der Waals surface area contributed by atoms with Crippen LogP contribution in [0.4, 0.5) is 5.69 Å². The monoisotopic (exact) mass is 419 g/mol. The lowest BCUT2D eigenvalue weighted by atomic mass is 10.2. The number of amides is 1. The Morgan fingerprint density at radius 3 is 2.35 bits per heavy atom. The third-order valence-corrected chi connectivity index (χ3v) is 4.12. The van der Waals surface area contributed by atoms with Crippen molar-refractivity contribution < 1.29 is 24.0 Å². The number of esters is 1. The largest absolute Gasteiger partial charge is 0.497 e. The van der Waals surface area contributed by atoms with Gasteiger partial charge in [-0.15, -0.1) is 0 Å². The van der Waals surface area contributed by atoms with Gasteiger partial charge in [0.05, 0.1) is 23.8 Å². The van der Waals surface area contributed by atoms with E-state index in [4.69, 9.17) is 9.47 Å². The van der Waals surface area contributed by atoms with Crippen LogP contribution in [-0.2, 0) is 0 Å². The Kier molecular flexibility index (Phi) is 6.69. The number of ether oxygens (including phenoxy) is 2. The molecule has 9 heteroatoms. The van der Waals surface area contributed by atoms with Crippen LogP contribution in [0, 0.1) is 10.1 Å². The maximum Gasteiger partial charge on any atom is 0.343 e. The standard InChI is InChI=1S/C22H17N3O6/c1-30-18-10-8-17(9-11-18)22(27)31-20-12-7-15(13-19(20)25(28)29)14-23-24-21(26)16-5-3-2-4-6-16/h2-14H,1H3,(H,24,26)/b23-14-. The van der Waals surface area contributed by atoms with E-state index in [9.17, 15) is 19.7 Å². The first-order chi connectivity index (χ1) is 15.0. The molecule has 0 saturated carbocycles. The molecule has 0 fully saturated rings. The molecule has 0 bridgehead atoms. The predicted octanol–water partition coefficient (Wildman–Crippen LogP) is 3.59. The molecule has 1 N–H and O–H groups in total. The average molecular weight is 419 g/mol. The molecule has 3 rings (SSSR count). The Balaban J connectivity index is 1.72. The van der Waals surface area contributed by atoms with E-state index in [0.29, 0.717) is 16.9 Å². The third-order valence-electron chi connectivity index (χ3n) is 4.12. The van der Waals surface area contributed by atoms with Crippen LogP contribution in [0.3, 0.4) is 0 Å². The first-order valence-corrected chi connectivity index (χ1v) is 9.01. The molecule has 156 valence electrons. The number of nitrogens with zero attached hydrogens (tertiary/aromatic N) is 2. The second-order valence-electron chi connectivity index (χ2n) is 6.17. The van der Waals surface area contributed by atoms with E-state index in [2.05, 4.69) is 10.5 Å². The van der Waals surface area contributed by atoms with Crippen molar-refractivity contribution in [3.8, 4) is 11.5 Å². The number of hydrogen-bond acceptors (Lipinski definition) is 7. The highest BCUT2D eigenvalue weighted by Crippen LogP contribution is 2.28. The second kappa shape index (κ2) is 9.79. The second-order valence-corrected chi connectivity index (χ2v) is 6.17. The zero-order chi connectivity index (χ0) is 22.2. The van der Waals surface area contributed by atoms with Gasteiger partial charge in [0, 0.05) is 17.2 Å². The van der Waals surface area contributed by atoms with Gasteiger partial charge >= 0.3 is 11.7 Å². The number of nitro groups is 1. The van der Waals surface area contributed by atoms with Crippen molar-refractivity contribution in [1.29, 1.82) is 0 Å². The van der Waals surface area contributed by atoms with Crippen LogP contribution in [0.5, 0.6) is 11.5 Å². The Morgan fingerprint density at radius 1 is 1.00 bits per heavy atom. The normalized spacial score (nSPS) is 10.5. The maximum atomic E-state index is 12.3. The van der Waals surface area contributed by atoms with Gasteiger partial charge in [-0.05, 0) is 48.5 Å². The molecule has 0 aliphatic carbocycles. The van der Waals surface area contributed by atoms with Crippen LogP contribution in [0.1, 0.15) is 26.3 Å². The highest BCUT2D eigenvalue weighted by atomic mass is 16.6. The predicted molar refractivity (Wildman–Crippen MR) is 113 cm³/mol. The van der Waals surface area contributed by atoms with Crippen molar-refractivity contribution in [3.05, 3.63) is 99.6 Å². The van der Waals surface area contributed by atoms with E-state index in [0.717, 1.165) is 0 Å². The number of nitro benzene ring substituents is 1. The number of carbonyl (C=O) groups is 2. The van der Waals surface area contributed by atoms with Crippen molar-refractivity contribution in [3.63, 3.8) is 0 Å². The molecule has 0 aromatic heterocycles. The van der Waals surface area contributed by atoms with Crippen molar-refractivity contribution in [2.75, 3.05) is 7.11 Å². The van der Waals surface area contributed by atoms with Crippen LogP contribution in [0.2, 0.25) is 0 Å². The Morgan fingerprint density at radius 2 is 1.71 bits per heavy atom. The third kappa shape index (κ3) is 5.51. The van der Waals surface area contributed by atoms with Gasteiger partial charge in [0.1, 0.15) is 5.75 Å². The van der Waals surface area contributed by atoms with Crippen molar-refractivity contribution >= 4 is 23.8 Å². The maximum absolute atomic E-state index is 12.3. The van der Waals surface area contributed by atoms with Gasteiger partial charge in [0.15, 0.2) is 0 Å². The first kappa shape index (κ1) is 21.2. The minimum absolute atomic E-state index is 0.212. The average Bonchev–Trinajstić information content (AvgIpc) is 2.80. The molecule has 0 spiro atoms. The van der Waals surface area contributed by atoms with E-state index in [1.54, 1.807) is 42.5 Å². The molecule has 0 aliphatic heterocycles. The fourth-order valence-electron chi connectivity index (χ4n) is 2.55. The Hall–Kier alpha value is -4.53. The summed E-state index contributed by atoms with van der Waals surface area (Å²) >= 11 is 0. The fraction of sp³-hybridized carbons (Fsp3) is 0.0455. The smallest absolute Gasteiger partial charge is 0.343 e. The molecule has 0 unspecified atom stereocenters. The van der Waals surface area contributed by atoms with Gasteiger partial charge in [-0.2, -0.15) is 5.10 Å². The lowest BCUT2D eigenvalue weighted by Gasteiger charge is -2.06. The summed E-state index contributed by atoms with van der Waals surface area (Å²) in [4.78, 5) is 35.0. The molecule has 0 aliphatic rings. The Labute approximate surface area is 177 Å². The minimum Gasteiger partial charge on any atom is -0.497 e. The zero-order valence-corrected chi connectivity index (χ0v) is 16.3. The van der Waals surface area contributed by atoms with Gasteiger partial charge in [-0.3, -0.25) is 14.9 Å². The molecule has 0 atom stereocenters. The van der Waals surface area contributed by atoms with Crippen molar-refractivity contribution in [2.45, 2.75) is 0 Å². The number of methoxy groups -OCH3 is 1. The molecule has 3 aromatic carbocycles. The van der Waals surface area contributed by atoms with E-state index in [-0.39, 0.29) is 11.3 Å². The number of rotatable bonds is 7. The van der Waals surface area contributed by atoms with Crippen LogP contribution in [-0.4, -0.2) is 30.1 Å². The molecule has 0 radical (unpaired) electrons. The number of nitrogens with one attached hydrogen (secondary N) is 1. The lowest BCUT2D eigenvalue weighted by molar-refractivity contribution is -0.385. The number of hydrogen-bond donors (Lipinski definition) is 1. The fourth-order valence-corrected chi connectivity index (χ4v) is 2.55. The summed E-state index contributed by atoms with van der Waals surface area (Å²) in [7, 11) is 1.49. The summed E-state index contributed by atoms with van der Waals surface area (Å²) in [6.07, 6.45) is 1.25. The van der Waals surface area contributed by atoms with E-state index < -0.39 is 22.5 Å². The number of carbonyl (C=O) groups excluding carboxylic acids is 2. The molecule has 31 heavy (non-hydrogen) atoms.